The van der Waals surface area contributed by atoms with Crippen molar-refractivity contribution >= 4 is 52.9 Å². The van der Waals surface area contributed by atoms with Gasteiger partial charge in [0.2, 0.25) is 11.8 Å². The standard InChI is InChI=1S/C22H19Cl2N3O6/c1-26-18(31)21(23)8-12-9(6-7-11-14(12)17(30)27(16(11)29)20(25)33)15(22(21,24)19(26)32)10-4-2-3-5-13(10)28/h2-6,11-12,14-15,28H,7-8H2,1H3,(H2,25,33). The maximum Gasteiger partial charge on any atom is 0.328 e. The van der Waals surface area contributed by atoms with Crippen molar-refractivity contribution in [2.45, 2.75) is 28.5 Å². The minimum Gasteiger partial charge on any atom is -0.508 e. The number of carbonyl (C=O) groups is 5. The molecule has 172 valence electrons. The van der Waals surface area contributed by atoms with Crippen molar-refractivity contribution in [2.75, 3.05) is 7.05 Å². The Hall–Kier alpha value is -2.91. The van der Waals surface area contributed by atoms with E-state index in [0.717, 1.165) is 4.90 Å². The third-order valence-corrected chi connectivity index (χ3v) is 8.90. The largest absolute Gasteiger partial charge is 0.508 e. The Labute approximate surface area is 198 Å². The third kappa shape index (κ3) is 2.46. The zero-order chi connectivity index (χ0) is 24.0. The predicted octanol–water partition coefficient (Wildman–Crippen LogP) is 1.46. The van der Waals surface area contributed by atoms with Crippen LogP contribution in [0.25, 0.3) is 0 Å². The van der Waals surface area contributed by atoms with Gasteiger partial charge >= 0.3 is 6.03 Å². The van der Waals surface area contributed by atoms with Gasteiger partial charge in [-0.3, -0.25) is 24.1 Å². The molecule has 6 unspecified atom stereocenters. The molecule has 3 fully saturated rings. The fraction of sp³-hybridized carbons (Fsp3) is 0.409. The first kappa shape index (κ1) is 21.9. The van der Waals surface area contributed by atoms with E-state index >= 15 is 0 Å². The molecule has 6 amide bonds. The van der Waals surface area contributed by atoms with Crippen molar-refractivity contribution in [3.8, 4) is 5.75 Å². The number of amides is 6. The lowest BCUT2D eigenvalue weighted by Gasteiger charge is -2.50. The summed E-state index contributed by atoms with van der Waals surface area (Å²) in [6.45, 7) is 0. The Morgan fingerprint density at radius 3 is 2.39 bits per heavy atom. The third-order valence-electron chi connectivity index (χ3n) is 7.48. The van der Waals surface area contributed by atoms with Crippen LogP contribution in [0.1, 0.15) is 24.3 Å². The number of fused-ring (bicyclic) bond motifs is 4. The van der Waals surface area contributed by atoms with Gasteiger partial charge < -0.3 is 10.8 Å². The van der Waals surface area contributed by atoms with E-state index in [4.69, 9.17) is 28.9 Å². The Balaban J connectivity index is 1.75. The number of rotatable bonds is 1. The lowest BCUT2D eigenvalue weighted by Crippen LogP contribution is -2.60. The molecule has 0 bridgehead atoms. The zero-order valence-electron chi connectivity index (χ0n) is 17.3. The molecule has 2 heterocycles. The van der Waals surface area contributed by atoms with Crippen LogP contribution >= 0.6 is 23.2 Å². The summed E-state index contributed by atoms with van der Waals surface area (Å²) >= 11 is 13.9. The monoisotopic (exact) mass is 491 g/mol. The summed E-state index contributed by atoms with van der Waals surface area (Å²) in [4.78, 5) is 61.6. The van der Waals surface area contributed by atoms with Crippen LogP contribution < -0.4 is 5.73 Å². The van der Waals surface area contributed by atoms with Crippen LogP contribution in [-0.4, -0.2) is 61.4 Å². The topological polar surface area (TPSA) is 138 Å². The van der Waals surface area contributed by atoms with Crippen LogP contribution in [-0.2, 0) is 19.2 Å². The molecule has 3 N–H and O–H groups in total. The van der Waals surface area contributed by atoms with E-state index in [9.17, 15) is 29.1 Å². The highest BCUT2D eigenvalue weighted by Crippen LogP contribution is 2.65. The first-order valence-corrected chi connectivity index (χ1v) is 11.1. The van der Waals surface area contributed by atoms with E-state index in [0.29, 0.717) is 10.5 Å². The van der Waals surface area contributed by atoms with Gasteiger partial charge in [0.15, 0.2) is 9.75 Å². The second-order valence-electron chi connectivity index (χ2n) is 8.91. The summed E-state index contributed by atoms with van der Waals surface area (Å²) in [6, 6.07) is 5.06. The molecule has 11 heteroatoms. The summed E-state index contributed by atoms with van der Waals surface area (Å²) < 4.78 is 0. The Morgan fingerprint density at radius 2 is 1.76 bits per heavy atom. The van der Waals surface area contributed by atoms with E-state index in [2.05, 4.69) is 0 Å². The van der Waals surface area contributed by atoms with Crippen molar-refractivity contribution in [1.82, 2.24) is 9.80 Å². The highest BCUT2D eigenvalue weighted by Gasteiger charge is 2.76. The van der Waals surface area contributed by atoms with Crippen molar-refractivity contribution < 1.29 is 29.1 Å². The number of aromatic hydroxyl groups is 1. The van der Waals surface area contributed by atoms with Crippen LogP contribution in [0, 0.1) is 17.8 Å². The molecule has 5 rings (SSSR count). The number of nitrogens with zero attached hydrogens (tertiary/aromatic N) is 2. The molecular weight excluding hydrogens is 473 g/mol. The van der Waals surface area contributed by atoms with Gasteiger partial charge in [-0.15, -0.1) is 23.2 Å². The molecule has 2 aliphatic heterocycles. The average molecular weight is 492 g/mol. The Bertz CT molecular complexity index is 1200. The smallest absolute Gasteiger partial charge is 0.328 e. The summed E-state index contributed by atoms with van der Waals surface area (Å²) in [5.41, 5.74) is 6.06. The van der Waals surface area contributed by atoms with Crippen LogP contribution in [0.5, 0.6) is 5.75 Å². The van der Waals surface area contributed by atoms with Crippen LogP contribution in [0.3, 0.4) is 0 Å². The normalized spacial score (nSPS) is 37.6. The fourth-order valence-electron chi connectivity index (χ4n) is 6.04. The van der Waals surface area contributed by atoms with Gasteiger partial charge in [0, 0.05) is 18.5 Å². The average Bonchev–Trinajstić information content (AvgIpc) is 3.10. The quantitative estimate of drug-likeness (QED) is 0.346. The summed E-state index contributed by atoms with van der Waals surface area (Å²) in [5, 5.41) is 10.7. The molecule has 2 saturated heterocycles. The molecule has 33 heavy (non-hydrogen) atoms. The molecular formula is C22H19Cl2N3O6. The van der Waals surface area contributed by atoms with E-state index in [1.54, 1.807) is 24.3 Å². The molecule has 0 radical (unpaired) electrons. The van der Waals surface area contributed by atoms with Gasteiger partial charge in [-0.25, -0.2) is 4.79 Å². The number of nitrogens with two attached hydrogens (primary N) is 1. The SMILES string of the molecule is CN1C(=O)C2(Cl)CC3C(=CCC4C(=O)N(C(N)=O)C(=O)C43)C(c3ccccc3O)C2(Cl)C1=O. The molecule has 2 aliphatic carbocycles. The van der Waals surface area contributed by atoms with E-state index in [-0.39, 0.29) is 24.2 Å². The number of primary amides is 1. The maximum absolute atomic E-state index is 13.3. The number of alkyl halides is 2. The first-order valence-electron chi connectivity index (χ1n) is 10.3. The lowest BCUT2D eigenvalue weighted by atomic mass is 9.56. The van der Waals surface area contributed by atoms with Crippen molar-refractivity contribution in [1.29, 1.82) is 0 Å². The molecule has 6 atom stereocenters. The van der Waals surface area contributed by atoms with Gasteiger partial charge in [-0.2, -0.15) is 4.90 Å². The molecule has 1 saturated carbocycles. The minimum atomic E-state index is -1.97. The van der Waals surface area contributed by atoms with Crippen molar-refractivity contribution in [3.63, 3.8) is 0 Å². The number of benzene rings is 1. The maximum atomic E-state index is 13.3. The summed E-state index contributed by atoms with van der Waals surface area (Å²) in [5.74, 6) is -6.75. The van der Waals surface area contributed by atoms with Crippen LogP contribution in [0.4, 0.5) is 4.79 Å². The number of hydrogen-bond donors (Lipinski definition) is 2. The molecule has 9 nitrogen and oxygen atoms in total. The number of hydrogen-bond acceptors (Lipinski definition) is 6. The van der Waals surface area contributed by atoms with Crippen molar-refractivity contribution in [2.24, 2.45) is 23.5 Å². The van der Waals surface area contributed by atoms with E-state index < -0.39 is 63.1 Å². The van der Waals surface area contributed by atoms with Gasteiger partial charge in [-0.05, 0) is 24.8 Å². The van der Waals surface area contributed by atoms with Crippen LogP contribution in [0.15, 0.2) is 35.9 Å². The zero-order valence-corrected chi connectivity index (χ0v) is 18.8. The van der Waals surface area contributed by atoms with E-state index in [1.165, 1.54) is 13.1 Å². The summed E-state index contributed by atoms with van der Waals surface area (Å²) in [6.07, 6.45) is 1.61. The molecule has 1 aromatic carbocycles. The highest BCUT2D eigenvalue weighted by atomic mass is 35.5. The number of likely N-dealkylation sites (tertiary alicyclic amines) is 2. The number of urea groups is 1. The van der Waals surface area contributed by atoms with Gasteiger partial charge in [0.25, 0.3) is 11.8 Å². The number of halogens is 2. The first-order chi connectivity index (χ1) is 15.5. The van der Waals surface area contributed by atoms with E-state index in [1.807, 2.05) is 0 Å². The summed E-state index contributed by atoms with van der Waals surface area (Å²) in [7, 11) is 1.28. The number of carbonyl (C=O) groups excluding carboxylic acids is 5. The van der Waals surface area contributed by atoms with Crippen LogP contribution in [0.2, 0.25) is 0 Å². The number of imide groups is 4. The molecule has 0 aromatic heterocycles. The number of phenols is 1. The number of allylic oxidation sites excluding steroid dienone is 2. The van der Waals surface area contributed by atoms with Crippen molar-refractivity contribution in [3.05, 3.63) is 41.5 Å². The molecule has 1 aromatic rings. The Kier molecular flexibility index (Phi) is 4.52. The lowest BCUT2D eigenvalue weighted by molar-refractivity contribution is -0.139. The van der Waals surface area contributed by atoms with Gasteiger partial charge in [0.05, 0.1) is 11.8 Å². The molecule has 4 aliphatic rings. The minimum absolute atomic E-state index is 0.106. The predicted molar refractivity (Wildman–Crippen MR) is 115 cm³/mol. The van der Waals surface area contributed by atoms with Gasteiger partial charge in [-0.1, -0.05) is 29.8 Å². The van der Waals surface area contributed by atoms with Gasteiger partial charge in [0.1, 0.15) is 5.75 Å². The number of phenolic OH excluding ortho intramolecular Hbond substituents is 1. The number of para-hydroxylation sites is 1. The molecule has 0 spiro atoms. The second kappa shape index (κ2) is 6.80. The fourth-order valence-corrected chi connectivity index (χ4v) is 7.05. The highest BCUT2D eigenvalue weighted by molar-refractivity contribution is 6.53. The Morgan fingerprint density at radius 1 is 1.09 bits per heavy atom. The second-order valence-corrected chi connectivity index (χ2v) is 10.1.